The molecule has 31 heavy (non-hydrogen) atoms. The fourth-order valence-electron chi connectivity index (χ4n) is 3.44. The summed E-state index contributed by atoms with van der Waals surface area (Å²) in [6.07, 6.45) is 5.19. The van der Waals surface area contributed by atoms with Gasteiger partial charge in [-0.3, -0.25) is 14.9 Å². The van der Waals surface area contributed by atoms with E-state index in [1.54, 1.807) is 0 Å². The smallest absolute Gasteiger partial charge is 0.286 e. The van der Waals surface area contributed by atoms with Gasteiger partial charge in [-0.05, 0) is 25.7 Å². The molecule has 0 unspecified atom stereocenters. The van der Waals surface area contributed by atoms with E-state index >= 15 is 0 Å². The fraction of sp³-hybridized carbons (Fsp3) is 0.400. The number of hydrogen-bond donors (Lipinski definition) is 1. The fourth-order valence-corrected chi connectivity index (χ4v) is 3.44. The first-order valence-corrected chi connectivity index (χ1v) is 9.55. The first kappa shape index (κ1) is 21.8. The lowest BCUT2D eigenvalue weighted by Crippen LogP contribution is -2.40. The van der Waals surface area contributed by atoms with E-state index in [4.69, 9.17) is 19.5 Å². The molecule has 2 aromatic rings. The van der Waals surface area contributed by atoms with Crippen molar-refractivity contribution in [3.63, 3.8) is 0 Å². The average Bonchev–Trinajstić information content (AvgIpc) is 2.79. The number of aromatic nitrogens is 2. The zero-order valence-corrected chi connectivity index (χ0v) is 17.0. The van der Waals surface area contributed by atoms with Crippen LogP contribution >= 0.6 is 0 Å². The van der Waals surface area contributed by atoms with Gasteiger partial charge in [0.25, 0.3) is 17.5 Å². The number of nitrogens with one attached hydrogen (secondary N) is 1. The van der Waals surface area contributed by atoms with Crippen LogP contribution in [-0.2, 0) is 0 Å². The molecule has 3 rings (SSSR count). The molecule has 0 bridgehead atoms. The van der Waals surface area contributed by atoms with Crippen molar-refractivity contribution in [2.45, 2.75) is 37.8 Å². The molecule has 0 spiro atoms. The maximum atomic E-state index is 12.8. The number of amides is 1. The standard InChI is InChI=1S/C20H21N5O6/c1-29-17-9-14(16(25(27)28)10-18(17)30-2)19(26)24-12-3-5-13(6-4-12)31-20-15(11-21)22-7-8-23-20/h7-10,12-13H,3-6H2,1-2H3,(H,24,26). The number of nitro benzene ring substituents is 1. The number of hydrogen-bond acceptors (Lipinski definition) is 9. The number of ether oxygens (including phenoxy) is 3. The molecule has 11 heteroatoms. The molecular formula is C20H21N5O6. The van der Waals surface area contributed by atoms with Gasteiger partial charge < -0.3 is 19.5 Å². The van der Waals surface area contributed by atoms with E-state index in [-0.39, 0.29) is 46.5 Å². The number of nitrogens with zero attached hydrogens (tertiary/aromatic N) is 4. The monoisotopic (exact) mass is 427 g/mol. The minimum Gasteiger partial charge on any atom is -0.493 e. The molecule has 11 nitrogen and oxygen atoms in total. The summed E-state index contributed by atoms with van der Waals surface area (Å²) < 4.78 is 16.0. The number of nitro groups is 1. The van der Waals surface area contributed by atoms with Gasteiger partial charge in [-0.1, -0.05) is 0 Å². The number of nitriles is 1. The Morgan fingerprint density at radius 3 is 2.42 bits per heavy atom. The Balaban J connectivity index is 1.65. The number of benzene rings is 1. The summed E-state index contributed by atoms with van der Waals surface area (Å²) in [5.41, 5.74) is -0.336. The van der Waals surface area contributed by atoms with Crippen LogP contribution in [0.3, 0.4) is 0 Å². The quantitative estimate of drug-likeness (QED) is 0.519. The molecule has 0 aliphatic heterocycles. The van der Waals surface area contributed by atoms with Crippen LogP contribution in [0.1, 0.15) is 41.7 Å². The molecule has 1 aliphatic carbocycles. The molecule has 162 valence electrons. The van der Waals surface area contributed by atoms with Gasteiger partial charge in [-0.2, -0.15) is 5.26 Å². The summed E-state index contributed by atoms with van der Waals surface area (Å²) in [5, 5.41) is 23.4. The van der Waals surface area contributed by atoms with Gasteiger partial charge in [0, 0.05) is 24.5 Å². The molecule has 1 aromatic heterocycles. The molecule has 1 aromatic carbocycles. The Hall–Kier alpha value is -3.94. The van der Waals surface area contributed by atoms with Crippen molar-refractivity contribution in [1.29, 1.82) is 5.26 Å². The Morgan fingerprint density at radius 2 is 1.81 bits per heavy atom. The highest BCUT2D eigenvalue weighted by Gasteiger charge is 2.29. The maximum Gasteiger partial charge on any atom is 0.286 e. The van der Waals surface area contributed by atoms with E-state index in [9.17, 15) is 14.9 Å². The third-order valence-corrected chi connectivity index (χ3v) is 5.00. The van der Waals surface area contributed by atoms with Gasteiger partial charge in [-0.25, -0.2) is 9.97 Å². The van der Waals surface area contributed by atoms with Crippen LogP contribution in [0.15, 0.2) is 24.5 Å². The number of methoxy groups -OCH3 is 2. The second-order valence-corrected chi connectivity index (χ2v) is 6.87. The predicted molar refractivity (Wildman–Crippen MR) is 107 cm³/mol. The zero-order valence-electron chi connectivity index (χ0n) is 17.0. The molecule has 0 radical (unpaired) electrons. The van der Waals surface area contributed by atoms with Gasteiger partial charge in [0.2, 0.25) is 5.69 Å². The van der Waals surface area contributed by atoms with E-state index in [2.05, 4.69) is 15.3 Å². The number of carbonyl (C=O) groups excluding carboxylic acids is 1. The summed E-state index contributed by atoms with van der Waals surface area (Å²) in [6.45, 7) is 0. The van der Waals surface area contributed by atoms with Crippen molar-refractivity contribution in [2.75, 3.05) is 14.2 Å². The van der Waals surface area contributed by atoms with Crippen LogP contribution in [0.5, 0.6) is 17.4 Å². The molecule has 1 aliphatic rings. The maximum absolute atomic E-state index is 12.8. The van der Waals surface area contributed by atoms with E-state index in [0.29, 0.717) is 25.7 Å². The van der Waals surface area contributed by atoms with Gasteiger partial charge >= 0.3 is 0 Å². The second kappa shape index (κ2) is 9.71. The molecule has 0 saturated heterocycles. The molecular weight excluding hydrogens is 406 g/mol. The SMILES string of the molecule is COc1cc(C(=O)NC2CCC(Oc3nccnc3C#N)CC2)c([N+](=O)[O-])cc1OC. The third kappa shape index (κ3) is 4.98. The highest BCUT2D eigenvalue weighted by Crippen LogP contribution is 2.34. The van der Waals surface area contributed by atoms with Gasteiger partial charge in [0.15, 0.2) is 11.5 Å². The summed E-state index contributed by atoms with van der Waals surface area (Å²) in [4.78, 5) is 31.5. The van der Waals surface area contributed by atoms with E-state index in [1.165, 1.54) is 38.7 Å². The Morgan fingerprint density at radius 1 is 1.16 bits per heavy atom. The lowest BCUT2D eigenvalue weighted by molar-refractivity contribution is -0.385. The molecule has 1 saturated carbocycles. The Bertz CT molecular complexity index is 1010. The van der Waals surface area contributed by atoms with E-state index in [1.807, 2.05) is 6.07 Å². The van der Waals surface area contributed by atoms with Crippen LogP contribution < -0.4 is 19.5 Å². The first-order chi connectivity index (χ1) is 15.0. The van der Waals surface area contributed by atoms with Gasteiger partial charge in [0.1, 0.15) is 17.7 Å². The molecule has 1 heterocycles. The predicted octanol–water partition coefficient (Wildman–Crippen LogP) is 2.39. The Kier molecular flexibility index (Phi) is 6.81. The Labute approximate surface area is 178 Å². The van der Waals surface area contributed by atoms with Crippen molar-refractivity contribution in [3.05, 3.63) is 45.9 Å². The van der Waals surface area contributed by atoms with Crippen LogP contribution in [0.2, 0.25) is 0 Å². The van der Waals surface area contributed by atoms with Crippen LogP contribution in [0.4, 0.5) is 5.69 Å². The molecule has 0 atom stereocenters. The molecule has 1 N–H and O–H groups in total. The number of carbonyl (C=O) groups is 1. The highest BCUT2D eigenvalue weighted by atomic mass is 16.6. The van der Waals surface area contributed by atoms with Gasteiger partial charge in [-0.15, -0.1) is 0 Å². The third-order valence-electron chi connectivity index (χ3n) is 5.00. The summed E-state index contributed by atoms with van der Waals surface area (Å²) in [6, 6.07) is 4.25. The van der Waals surface area contributed by atoms with Crippen LogP contribution in [-0.4, -0.2) is 47.2 Å². The van der Waals surface area contributed by atoms with Gasteiger partial charge in [0.05, 0.1) is 25.2 Å². The van der Waals surface area contributed by atoms with E-state index in [0.717, 1.165) is 0 Å². The number of rotatable bonds is 7. The van der Waals surface area contributed by atoms with Crippen molar-refractivity contribution in [1.82, 2.24) is 15.3 Å². The lowest BCUT2D eigenvalue weighted by Gasteiger charge is -2.29. The average molecular weight is 427 g/mol. The highest BCUT2D eigenvalue weighted by molar-refractivity contribution is 5.99. The summed E-state index contributed by atoms with van der Waals surface area (Å²) in [5.74, 6) is 0.0351. The minimum absolute atomic E-state index is 0.0979. The molecule has 1 fully saturated rings. The zero-order chi connectivity index (χ0) is 22.4. The molecule has 1 amide bonds. The minimum atomic E-state index is -0.630. The summed E-state index contributed by atoms with van der Waals surface area (Å²) in [7, 11) is 2.75. The van der Waals surface area contributed by atoms with Crippen molar-refractivity contribution < 1.29 is 23.9 Å². The lowest BCUT2D eigenvalue weighted by atomic mass is 9.92. The van der Waals surface area contributed by atoms with Crippen LogP contribution in [0, 0.1) is 21.4 Å². The largest absolute Gasteiger partial charge is 0.493 e. The van der Waals surface area contributed by atoms with E-state index < -0.39 is 10.8 Å². The van der Waals surface area contributed by atoms with Crippen molar-refractivity contribution in [2.24, 2.45) is 0 Å². The normalized spacial score (nSPS) is 17.8. The first-order valence-electron chi connectivity index (χ1n) is 9.55. The summed E-state index contributed by atoms with van der Waals surface area (Å²) >= 11 is 0. The van der Waals surface area contributed by atoms with Crippen LogP contribution in [0.25, 0.3) is 0 Å². The van der Waals surface area contributed by atoms with Crippen molar-refractivity contribution >= 4 is 11.6 Å². The topological polar surface area (TPSA) is 150 Å². The van der Waals surface area contributed by atoms with Crippen molar-refractivity contribution in [3.8, 4) is 23.4 Å². The second-order valence-electron chi connectivity index (χ2n) is 6.87.